The summed E-state index contributed by atoms with van der Waals surface area (Å²) in [6.45, 7) is 14.0. The van der Waals surface area contributed by atoms with Crippen molar-refractivity contribution in [2.75, 3.05) is 31.3 Å². The molecule has 0 spiro atoms. The van der Waals surface area contributed by atoms with E-state index in [0.29, 0.717) is 11.0 Å². The number of fused-ring (bicyclic) bond motifs is 2. The van der Waals surface area contributed by atoms with Crippen LogP contribution in [-0.4, -0.2) is 105 Å². The van der Waals surface area contributed by atoms with Crippen LogP contribution in [-0.2, 0) is 42.0 Å². The molecule has 2 aromatic rings. The van der Waals surface area contributed by atoms with Gasteiger partial charge in [-0.3, -0.25) is 9.46 Å². The Bertz CT molecular complexity index is 1490. The van der Waals surface area contributed by atoms with E-state index in [0.717, 1.165) is 25.7 Å². The first-order chi connectivity index (χ1) is 23.1. The van der Waals surface area contributed by atoms with Gasteiger partial charge in [-0.2, -0.15) is 15.1 Å². The Kier molecular flexibility index (Phi) is 12.0. The number of anilines is 1. The maximum absolute atomic E-state index is 13.7. The third-order valence-electron chi connectivity index (χ3n) is 8.22. The number of nitrogens with zero attached hydrogens (tertiary/aromatic N) is 5. The Morgan fingerprint density at radius 1 is 1.10 bits per heavy atom. The zero-order chi connectivity index (χ0) is 35.7. The Balaban J connectivity index is 1.48. The molecule has 1 saturated carbocycles. The normalized spacial score (nSPS) is 25.5. The van der Waals surface area contributed by atoms with Gasteiger partial charge in [0.2, 0.25) is 11.1 Å². The van der Waals surface area contributed by atoms with Gasteiger partial charge in [-0.25, -0.2) is 9.48 Å². The van der Waals surface area contributed by atoms with Gasteiger partial charge in [-0.15, -0.1) is 0 Å². The van der Waals surface area contributed by atoms with Crippen molar-refractivity contribution >= 4 is 42.1 Å². The molecule has 0 radical (unpaired) electrons. The van der Waals surface area contributed by atoms with E-state index in [2.05, 4.69) is 15.1 Å². The SMILES string of the molecule is CCOC(O)C(OC[C@H]1O[C@@H](n2ncc3c(N(C(=O)OC(C)(C)C)C4CCCC4)nc(Cl)nc32)[C@@H]2OC(C)(C)O[C@@H]21)P(=O)(OCC)OCC. The minimum Gasteiger partial charge on any atom is -0.443 e. The van der Waals surface area contributed by atoms with Crippen LogP contribution < -0.4 is 4.90 Å². The van der Waals surface area contributed by atoms with Crippen molar-refractivity contribution in [1.29, 1.82) is 0 Å². The monoisotopic (exact) mass is 733 g/mol. The number of hydrogen-bond donors (Lipinski definition) is 1. The fourth-order valence-corrected chi connectivity index (χ4v) is 8.36. The first-order valence-electron chi connectivity index (χ1n) is 16.9. The number of aromatic nitrogens is 4. The van der Waals surface area contributed by atoms with Gasteiger partial charge < -0.3 is 42.6 Å². The lowest BCUT2D eigenvalue weighted by molar-refractivity contribution is -0.211. The highest BCUT2D eigenvalue weighted by Crippen LogP contribution is 2.55. The summed E-state index contributed by atoms with van der Waals surface area (Å²) in [5, 5.41) is 15.8. The second-order valence-corrected chi connectivity index (χ2v) is 15.9. The van der Waals surface area contributed by atoms with Crippen LogP contribution in [0.4, 0.5) is 10.6 Å². The largest absolute Gasteiger partial charge is 0.443 e. The van der Waals surface area contributed by atoms with Gasteiger partial charge in [-0.05, 0) is 79.8 Å². The molecule has 49 heavy (non-hydrogen) atoms. The molecule has 3 aliphatic rings. The summed E-state index contributed by atoms with van der Waals surface area (Å²) in [4.78, 5) is 24.2. The molecule has 2 saturated heterocycles. The van der Waals surface area contributed by atoms with Crippen molar-refractivity contribution in [3.63, 3.8) is 0 Å². The number of hydrogen-bond acceptors (Lipinski definition) is 14. The van der Waals surface area contributed by atoms with Crippen LogP contribution in [0.25, 0.3) is 11.0 Å². The minimum absolute atomic E-state index is 0.0543. The van der Waals surface area contributed by atoms with Crippen molar-refractivity contribution in [3.8, 4) is 0 Å². The Morgan fingerprint density at radius 2 is 1.76 bits per heavy atom. The molecule has 3 fully saturated rings. The fraction of sp³-hybridized carbons (Fsp3) is 0.806. The molecule has 1 amide bonds. The fourth-order valence-electron chi connectivity index (χ4n) is 6.45. The third kappa shape index (κ3) is 8.40. The van der Waals surface area contributed by atoms with E-state index in [1.807, 2.05) is 20.8 Å². The van der Waals surface area contributed by atoms with Gasteiger partial charge in [0, 0.05) is 12.6 Å². The van der Waals surface area contributed by atoms with Crippen LogP contribution in [0, 0.1) is 0 Å². The topological polar surface area (TPSA) is 175 Å². The van der Waals surface area contributed by atoms with Gasteiger partial charge in [0.25, 0.3) is 0 Å². The molecular formula is C31H49ClN5O11P. The van der Waals surface area contributed by atoms with E-state index in [1.165, 1.54) is 4.68 Å². The second-order valence-electron chi connectivity index (χ2n) is 13.5. The van der Waals surface area contributed by atoms with Crippen LogP contribution in [0.3, 0.4) is 0 Å². The van der Waals surface area contributed by atoms with Crippen molar-refractivity contribution in [1.82, 2.24) is 19.7 Å². The number of carbonyl (C=O) groups excluding carboxylic acids is 1. The van der Waals surface area contributed by atoms with E-state index in [-0.39, 0.29) is 43.6 Å². The number of rotatable bonds is 14. The summed E-state index contributed by atoms with van der Waals surface area (Å²) in [5.41, 5.74) is -0.427. The van der Waals surface area contributed by atoms with E-state index >= 15 is 0 Å². The second kappa shape index (κ2) is 15.3. The smallest absolute Gasteiger partial charge is 0.416 e. The molecule has 276 valence electrons. The van der Waals surface area contributed by atoms with Gasteiger partial charge in [0.05, 0.1) is 31.4 Å². The number of carbonyl (C=O) groups is 1. The third-order valence-corrected chi connectivity index (χ3v) is 10.7. The maximum Gasteiger partial charge on any atom is 0.416 e. The number of halogens is 1. The first kappa shape index (κ1) is 38.3. The zero-order valence-corrected chi connectivity index (χ0v) is 31.0. The molecule has 4 heterocycles. The molecule has 6 atom stereocenters. The molecule has 2 unspecified atom stereocenters. The summed E-state index contributed by atoms with van der Waals surface area (Å²) in [6, 6.07) is -0.141. The number of aliphatic hydroxyl groups is 1. The molecule has 0 aromatic carbocycles. The van der Waals surface area contributed by atoms with Crippen LogP contribution in [0.15, 0.2) is 6.20 Å². The average molecular weight is 734 g/mol. The van der Waals surface area contributed by atoms with Crippen LogP contribution in [0.2, 0.25) is 5.28 Å². The highest BCUT2D eigenvalue weighted by Gasteiger charge is 2.57. The molecule has 16 nitrogen and oxygen atoms in total. The van der Waals surface area contributed by atoms with Crippen molar-refractivity contribution in [2.24, 2.45) is 0 Å². The van der Waals surface area contributed by atoms with E-state index in [4.69, 9.17) is 49.1 Å². The average Bonchev–Trinajstić information content (AvgIpc) is 3.78. The lowest BCUT2D eigenvalue weighted by Crippen LogP contribution is -2.43. The molecule has 2 aliphatic heterocycles. The lowest BCUT2D eigenvalue weighted by Gasteiger charge is -2.31. The van der Waals surface area contributed by atoms with Gasteiger partial charge in [0.15, 0.2) is 29.8 Å². The van der Waals surface area contributed by atoms with Gasteiger partial charge in [-0.1, -0.05) is 12.8 Å². The number of aliphatic hydroxyl groups excluding tert-OH is 1. The standard InChI is InChI=1S/C31H49ClN5O11P/c1-9-41-26(38)27(49(40,43-10-2)44-11-3)42-17-20-21-22(47-31(7,8)46-21)25(45-20)37-24-19(16-33-37)23(34-28(32)35-24)36(18-14-12-13-15-18)29(39)48-30(4,5)6/h16,18,20-22,25-27,38H,9-15,17H2,1-8H3/t20-,21-,22-,25-,26?,27?/m1/s1. The Morgan fingerprint density at radius 3 is 2.37 bits per heavy atom. The summed E-state index contributed by atoms with van der Waals surface area (Å²) >= 11 is 6.52. The van der Waals surface area contributed by atoms with Crippen LogP contribution in [0.5, 0.6) is 0 Å². The first-order valence-corrected chi connectivity index (χ1v) is 18.8. The highest BCUT2D eigenvalue weighted by molar-refractivity contribution is 7.54. The molecule has 1 aliphatic carbocycles. The van der Waals surface area contributed by atoms with Crippen LogP contribution in [0.1, 0.15) is 87.3 Å². The van der Waals surface area contributed by atoms with Crippen LogP contribution >= 0.6 is 19.2 Å². The summed E-state index contributed by atoms with van der Waals surface area (Å²) in [6.07, 6.45) is -0.132. The number of ether oxygens (including phenoxy) is 6. The minimum atomic E-state index is -3.99. The predicted molar refractivity (Wildman–Crippen MR) is 177 cm³/mol. The summed E-state index contributed by atoms with van der Waals surface area (Å²) < 4.78 is 62.4. The van der Waals surface area contributed by atoms with Crippen molar-refractivity contribution in [3.05, 3.63) is 11.5 Å². The molecule has 5 rings (SSSR count). The maximum atomic E-state index is 13.7. The predicted octanol–water partition coefficient (Wildman–Crippen LogP) is 5.55. The molecule has 0 bridgehead atoms. The number of amides is 1. The summed E-state index contributed by atoms with van der Waals surface area (Å²) in [5.74, 6) is -2.18. The highest BCUT2D eigenvalue weighted by atomic mass is 35.5. The molecule has 1 N–H and O–H groups in total. The van der Waals surface area contributed by atoms with E-state index in [9.17, 15) is 14.5 Å². The Labute approximate surface area is 291 Å². The lowest BCUT2D eigenvalue weighted by atomic mass is 10.1. The van der Waals surface area contributed by atoms with Crippen molar-refractivity contribution in [2.45, 2.75) is 135 Å². The molecule has 2 aromatic heterocycles. The zero-order valence-electron chi connectivity index (χ0n) is 29.4. The van der Waals surface area contributed by atoms with Gasteiger partial charge >= 0.3 is 13.7 Å². The molecule has 18 heteroatoms. The van der Waals surface area contributed by atoms with Crippen molar-refractivity contribution < 1.29 is 51.9 Å². The quantitative estimate of drug-likeness (QED) is 0.145. The van der Waals surface area contributed by atoms with Gasteiger partial charge in [0.1, 0.15) is 23.9 Å². The summed E-state index contributed by atoms with van der Waals surface area (Å²) in [7, 11) is -3.99. The molecular weight excluding hydrogens is 685 g/mol. The van der Waals surface area contributed by atoms with E-state index in [1.54, 1.807) is 45.7 Å². The van der Waals surface area contributed by atoms with E-state index < -0.39 is 61.8 Å². The Hall–Kier alpha value is -1.98.